The number of pyridine rings is 1. The van der Waals surface area contributed by atoms with Crippen LogP contribution >= 0.6 is 0 Å². The van der Waals surface area contributed by atoms with E-state index in [0.717, 1.165) is 12.0 Å². The monoisotopic (exact) mass is 649 g/mol. The third-order valence-electron chi connectivity index (χ3n) is 11.7. The Morgan fingerprint density at radius 1 is 0.979 bits per heavy atom. The van der Waals surface area contributed by atoms with Crippen molar-refractivity contribution < 1.29 is 33.3 Å². The Bertz CT molecular complexity index is 1880. The summed E-state index contributed by atoms with van der Waals surface area (Å²) < 4.78 is 32.1. The van der Waals surface area contributed by atoms with Crippen LogP contribution in [0.25, 0.3) is 11.3 Å². The van der Waals surface area contributed by atoms with Gasteiger partial charge in [-0.05, 0) is 61.8 Å². The van der Waals surface area contributed by atoms with Gasteiger partial charge in [0.05, 0.1) is 24.4 Å². The van der Waals surface area contributed by atoms with Crippen LogP contribution in [0.15, 0.2) is 100 Å². The number of aromatic nitrogens is 1. The summed E-state index contributed by atoms with van der Waals surface area (Å²) in [5.41, 5.74) is -0.822. The topological polar surface area (TPSA) is 117 Å². The maximum Gasteiger partial charge on any atom is 0.345 e. The molecule has 0 radical (unpaired) electrons. The lowest BCUT2D eigenvalue weighted by Gasteiger charge is -2.67. The molecule has 4 aromatic rings. The van der Waals surface area contributed by atoms with E-state index < -0.39 is 52.4 Å². The fourth-order valence-electron chi connectivity index (χ4n) is 9.41. The summed E-state index contributed by atoms with van der Waals surface area (Å²) in [6.45, 7) is 6.67. The zero-order chi connectivity index (χ0) is 33.3. The van der Waals surface area contributed by atoms with Crippen molar-refractivity contribution in [2.75, 3.05) is 6.61 Å². The zero-order valence-electron chi connectivity index (χ0n) is 27.2. The minimum atomic E-state index is -1.24. The second kappa shape index (κ2) is 11.4. The first-order valence-corrected chi connectivity index (χ1v) is 16.7. The van der Waals surface area contributed by atoms with Gasteiger partial charge >= 0.3 is 11.6 Å². The summed E-state index contributed by atoms with van der Waals surface area (Å²) in [5, 5.41) is 12.4. The number of benzene rings is 2. The predicted molar refractivity (Wildman–Crippen MR) is 175 cm³/mol. The van der Waals surface area contributed by atoms with Gasteiger partial charge in [0.15, 0.2) is 6.29 Å². The van der Waals surface area contributed by atoms with Crippen molar-refractivity contribution in [3.63, 3.8) is 0 Å². The van der Waals surface area contributed by atoms with E-state index >= 15 is 0 Å². The fraction of sp³-hybridized carbons (Fsp3) is 0.410. The second-order valence-electron chi connectivity index (χ2n) is 14.4. The number of esters is 1. The number of carbonyl (C=O) groups is 1. The fourth-order valence-corrected chi connectivity index (χ4v) is 9.41. The predicted octanol–water partition coefficient (Wildman–Crippen LogP) is 6.67. The van der Waals surface area contributed by atoms with Crippen LogP contribution in [0.3, 0.4) is 0 Å². The van der Waals surface area contributed by atoms with Crippen LogP contribution in [0.4, 0.5) is 0 Å². The summed E-state index contributed by atoms with van der Waals surface area (Å²) in [6, 6.07) is 24.0. The van der Waals surface area contributed by atoms with Gasteiger partial charge in [0.25, 0.3) is 0 Å². The first kappa shape index (κ1) is 31.0. The Kier molecular flexibility index (Phi) is 7.36. The van der Waals surface area contributed by atoms with Crippen LogP contribution in [0, 0.1) is 22.7 Å². The molecule has 8 rings (SSSR count). The van der Waals surface area contributed by atoms with E-state index in [0.29, 0.717) is 30.6 Å². The largest absolute Gasteiger partial charge is 0.482 e. The number of fused-ring (bicyclic) bond motifs is 6. The first-order valence-electron chi connectivity index (χ1n) is 16.7. The lowest BCUT2D eigenvalue weighted by atomic mass is 9.42. The van der Waals surface area contributed by atoms with Crippen molar-refractivity contribution in [1.29, 1.82) is 0 Å². The van der Waals surface area contributed by atoms with E-state index in [1.807, 2.05) is 43.3 Å². The van der Waals surface area contributed by atoms with Gasteiger partial charge in [-0.1, -0.05) is 62.4 Å². The van der Waals surface area contributed by atoms with Crippen LogP contribution in [-0.2, 0) is 14.2 Å². The third-order valence-corrected chi connectivity index (χ3v) is 11.7. The molecule has 1 saturated heterocycles. The summed E-state index contributed by atoms with van der Waals surface area (Å²) in [4.78, 5) is 31.5. The van der Waals surface area contributed by atoms with Gasteiger partial charge < -0.3 is 28.5 Å². The Morgan fingerprint density at radius 3 is 2.46 bits per heavy atom. The molecule has 3 unspecified atom stereocenters. The number of rotatable bonds is 4. The lowest BCUT2D eigenvalue weighted by molar-refractivity contribution is -0.330. The summed E-state index contributed by atoms with van der Waals surface area (Å²) in [5.74, 6) is -0.727. The molecule has 48 heavy (non-hydrogen) atoms. The second-order valence-corrected chi connectivity index (χ2v) is 14.4. The Morgan fingerprint density at radius 2 is 1.73 bits per heavy atom. The molecule has 3 fully saturated rings. The number of carbonyl (C=O) groups excluding carboxylic acids is 1. The van der Waals surface area contributed by atoms with Gasteiger partial charge in [0.2, 0.25) is 0 Å². The Balaban J connectivity index is 1.21. The highest BCUT2D eigenvalue weighted by Crippen LogP contribution is 2.68. The maximum atomic E-state index is 13.7. The quantitative estimate of drug-likeness (QED) is 0.242. The number of ether oxygens (including phenoxy) is 4. The van der Waals surface area contributed by atoms with Crippen LogP contribution < -0.4 is 10.4 Å². The molecule has 0 bridgehead atoms. The molecular formula is C39H39NO8. The lowest BCUT2D eigenvalue weighted by Crippen LogP contribution is -2.71. The molecule has 2 aromatic carbocycles. The molecule has 248 valence electrons. The van der Waals surface area contributed by atoms with Crippen molar-refractivity contribution in [3.05, 3.63) is 118 Å². The van der Waals surface area contributed by atoms with E-state index in [9.17, 15) is 14.7 Å². The molecule has 4 aliphatic rings. The molecule has 2 aliphatic heterocycles. The molecule has 2 saturated carbocycles. The Labute approximate surface area is 278 Å². The zero-order valence-corrected chi connectivity index (χ0v) is 27.2. The molecule has 4 heterocycles. The van der Waals surface area contributed by atoms with Crippen molar-refractivity contribution in [1.82, 2.24) is 4.98 Å². The van der Waals surface area contributed by atoms with Gasteiger partial charge in [-0.25, -0.2) is 9.59 Å². The molecule has 2 aromatic heterocycles. The molecule has 9 heteroatoms. The third kappa shape index (κ3) is 4.74. The van der Waals surface area contributed by atoms with E-state index in [2.05, 4.69) is 18.8 Å². The van der Waals surface area contributed by atoms with Crippen LogP contribution in [0.2, 0.25) is 0 Å². The van der Waals surface area contributed by atoms with Crippen LogP contribution in [-0.4, -0.2) is 40.5 Å². The van der Waals surface area contributed by atoms with Gasteiger partial charge in [-0.2, -0.15) is 0 Å². The van der Waals surface area contributed by atoms with Gasteiger partial charge in [-0.15, -0.1) is 0 Å². The molecular weight excluding hydrogens is 610 g/mol. The molecule has 2 aliphatic carbocycles. The van der Waals surface area contributed by atoms with E-state index in [1.165, 1.54) is 0 Å². The number of hydrogen-bond acceptors (Lipinski definition) is 9. The number of aliphatic hydroxyl groups excluding tert-OH is 1. The standard InChI is InChI=1S/C39H39NO8/c1-37-17-16-29-38(2,22-44-36(47-29)24-13-8-5-9-14-24)28(37)20-30(46-34(42)23-11-6-4-7-12-23)39(3)33(37)32(41)31-27(48-39)19-26(45-35(31)43)25-15-10-18-40-21-25/h4-15,18-19,21,28-30,32-33,36,41H,16-17,20,22H2,1-3H3/t28?,29-,30-,32?,33?,36+,37-,38-,39+/m0/s1. The number of aliphatic hydroxyl groups is 1. The summed E-state index contributed by atoms with van der Waals surface area (Å²) in [7, 11) is 0. The van der Waals surface area contributed by atoms with Crippen LogP contribution in [0.5, 0.6) is 5.75 Å². The van der Waals surface area contributed by atoms with Gasteiger partial charge in [0.1, 0.15) is 28.8 Å². The van der Waals surface area contributed by atoms with Gasteiger partial charge in [-0.3, -0.25) is 4.98 Å². The molecule has 0 spiro atoms. The number of hydrogen-bond donors (Lipinski definition) is 1. The van der Waals surface area contributed by atoms with E-state index in [-0.39, 0.29) is 29.1 Å². The number of nitrogens with zero attached hydrogens (tertiary/aromatic N) is 1. The average Bonchev–Trinajstić information content (AvgIpc) is 3.09. The SMILES string of the molecule is C[C@]12CC[C@@H]3O[C@H](c4ccccc4)OC[C@@]3(C)C1C[C@H](OC(=O)c1ccccc1)[C@@]1(C)Oc3cc(-c4cccnc4)oc(=O)c3C(O)C21. The van der Waals surface area contributed by atoms with Gasteiger partial charge in [0, 0.05) is 40.9 Å². The minimum Gasteiger partial charge on any atom is -0.482 e. The smallest absolute Gasteiger partial charge is 0.345 e. The summed E-state index contributed by atoms with van der Waals surface area (Å²) in [6.07, 6.45) is 2.49. The van der Waals surface area contributed by atoms with Crippen molar-refractivity contribution >= 4 is 5.97 Å². The molecule has 9 nitrogen and oxygen atoms in total. The molecule has 0 amide bonds. The highest BCUT2D eigenvalue weighted by Gasteiger charge is 2.71. The average molecular weight is 650 g/mol. The molecule has 9 atom stereocenters. The normalized spacial score (nSPS) is 35.2. The highest BCUT2D eigenvalue weighted by molar-refractivity contribution is 5.89. The van der Waals surface area contributed by atoms with Crippen molar-refractivity contribution in [2.45, 2.75) is 70.2 Å². The first-order chi connectivity index (χ1) is 23.1. The van der Waals surface area contributed by atoms with Crippen molar-refractivity contribution in [3.8, 4) is 17.1 Å². The van der Waals surface area contributed by atoms with E-state index in [1.54, 1.807) is 54.9 Å². The Hall–Kier alpha value is -4.31. The summed E-state index contributed by atoms with van der Waals surface area (Å²) >= 11 is 0. The maximum absolute atomic E-state index is 13.7. The minimum absolute atomic E-state index is 0.0766. The van der Waals surface area contributed by atoms with E-state index in [4.69, 9.17) is 23.4 Å². The van der Waals surface area contributed by atoms with Crippen LogP contribution in [0.1, 0.15) is 73.9 Å². The molecule has 1 N–H and O–H groups in total. The highest BCUT2D eigenvalue weighted by atomic mass is 16.7. The van der Waals surface area contributed by atoms with Crippen molar-refractivity contribution in [2.24, 2.45) is 22.7 Å².